The van der Waals surface area contributed by atoms with Crippen molar-refractivity contribution in [2.45, 2.75) is 71.3 Å². The molecule has 0 radical (unpaired) electrons. The van der Waals surface area contributed by atoms with E-state index in [1.807, 2.05) is 6.92 Å². The summed E-state index contributed by atoms with van der Waals surface area (Å²) in [6, 6.07) is 8.82. The molecule has 2 aromatic rings. The van der Waals surface area contributed by atoms with Gasteiger partial charge in [0.15, 0.2) is 0 Å². The number of ether oxygens (including phenoxy) is 1. The van der Waals surface area contributed by atoms with Crippen LogP contribution in [0.3, 0.4) is 0 Å². The smallest absolute Gasteiger partial charge is 0.348 e. The van der Waals surface area contributed by atoms with Crippen LogP contribution in [0.4, 0.5) is 0 Å². The van der Waals surface area contributed by atoms with Crippen molar-refractivity contribution in [2.75, 3.05) is 7.11 Å². The van der Waals surface area contributed by atoms with Crippen LogP contribution >= 0.6 is 11.3 Å². The molecule has 1 atom stereocenters. The molecule has 158 valence electrons. The number of esters is 1. The maximum atomic E-state index is 12.1. The standard InChI is InChI=1S/C25H34O3S/c1-8-24(6,27)14-13-19-11-12-20(15-17(19)4)25(9-2,10-3)21-16-18(5)22(29-21)23(26)28-7/h8,11-12,15-16,27H,1,9-10,13-14H2,2-7H3. The number of rotatable bonds is 9. The Morgan fingerprint density at radius 1 is 1.21 bits per heavy atom. The summed E-state index contributed by atoms with van der Waals surface area (Å²) in [6.07, 6.45) is 4.97. The van der Waals surface area contributed by atoms with E-state index in [4.69, 9.17) is 4.74 Å². The highest BCUT2D eigenvalue weighted by molar-refractivity contribution is 7.14. The van der Waals surface area contributed by atoms with Crippen LogP contribution in [0.15, 0.2) is 36.9 Å². The zero-order chi connectivity index (χ0) is 21.8. The van der Waals surface area contributed by atoms with Crippen molar-refractivity contribution in [2.24, 2.45) is 0 Å². The van der Waals surface area contributed by atoms with Crippen molar-refractivity contribution < 1.29 is 14.6 Å². The first-order valence-electron chi connectivity index (χ1n) is 10.3. The van der Waals surface area contributed by atoms with Gasteiger partial charge in [-0.15, -0.1) is 17.9 Å². The Hall–Kier alpha value is -1.91. The second kappa shape index (κ2) is 9.27. The summed E-state index contributed by atoms with van der Waals surface area (Å²) in [6.45, 7) is 14.0. The molecular formula is C25H34O3S. The van der Waals surface area contributed by atoms with E-state index in [1.54, 1.807) is 24.3 Å². The van der Waals surface area contributed by atoms with Gasteiger partial charge in [-0.25, -0.2) is 4.79 Å². The molecule has 0 amide bonds. The summed E-state index contributed by atoms with van der Waals surface area (Å²) in [5.74, 6) is -0.263. The highest BCUT2D eigenvalue weighted by atomic mass is 32.1. The number of carbonyl (C=O) groups is 1. The number of aryl methyl sites for hydroxylation is 3. The Kier molecular flexibility index (Phi) is 7.47. The molecule has 0 aliphatic carbocycles. The molecule has 1 heterocycles. The largest absolute Gasteiger partial charge is 0.465 e. The normalized spacial score (nSPS) is 13.8. The van der Waals surface area contributed by atoms with Crippen molar-refractivity contribution in [1.82, 2.24) is 0 Å². The van der Waals surface area contributed by atoms with Crippen molar-refractivity contribution in [3.05, 3.63) is 68.9 Å². The summed E-state index contributed by atoms with van der Waals surface area (Å²) in [5.41, 5.74) is 3.75. The van der Waals surface area contributed by atoms with Crippen LogP contribution < -0.4 is 0 Å². The van der Waals surface area contributed by atoms with Crippen LogP contribution in [0.1, 0.15) is 76.8 Å². The lowest BCUT2D eigenvalue weighted by Crippen LogP contribution is -2.25. The van der Waals surface area contributed by atoms with Crippen molar-refractivity contribution >= 4 is 17.3 Å². The fraction of sp³-hybridized carbons (Fsp3) is 0.480. The van der Waals surface area contributed by atoms with E-state index in [0.29, 0.717) is 11.3 Å². The Labute approximate surface area is 179 Å². The monoisotopic (exact) mass is 414 g/mol. The quantitative estimate of drug-likeness (QED) is 0.397. The van der Waals surface area contributed by atoms with Gasteiger partial charge in [0.1, 0.15) is 4.88 Å². The van der Waals surface area contributed by atoms with E-state index in [9.17, 15) is 9.90 Å². The van der Waals surface area contributed by atoms with Crippen LogP contribution in [0.2, 0.25) is 0 Å². The van der Waals surface area contributed by atoms with Gasteiger partial charge in [0.2, 0.25) is 0 Å². The summed E-state index contributed by atoms with van der Waals surface area (Å²) in [5, 5.41) is 10.2. The van der Waals surface area contributed by atoms with Crippen LogP contribution in [0, 0.1) is 13.8 Å². The molecule has 0 saturated heterocycles. The number of methoxy groups -OCH3 is 1. The highest BCUT2D eigenvalue weighted by Gasteiger charge is 2.34. The van der Waals surface area contributed by atoms with Gasteiger partial charge in [-0.05, 0) is 74.8 Å². The predicted molar refractivity (Wildman–Crippen MR) is 122 cm³/mol. The molecule has 0 bridgehead atoms. The van der Waals surface area contributed by atoms with E-state index in [0.717, 1.165) is 24.8 Å². The summed E-state index contributed by atoms with van der Waals surface area (Å²) in [4.78, 5) is 14.0. The molecule has 3 nitrogen and oxygen atoms in total. The number of thiophene rings is 1. The summed E-state index contributed by atoms with van der Waals surface area (Å²) >= 11 is 1.55. The van der Waals surface area contributed by atoms with Gasteiger partial charge in [-0.3, -0.25) is 0 Å². The average molecular weight is 415 g/mol. The van der Waals surface area contributed by atoms with E-state index in [2.05, 4.69) is 51.6 Å². The molecule has 1 aromatic carbocycles. The topological polar surface area (TPSA) is 46.5 Å². The number of benzene rings is 1. The number of hydrogen-bond acceptors (Lipinski definition) is 4. The van der Waals surface area contributed by atoms with Gasteiger partial charge >= 0.3 is 5.97 Å². The Morgan fingerprint density at radius 3 is 2.38 bits per heavy atom. The van der Waals surface area contributed by atoms with Crippen LogP contribution in [-0.4, -0.2) is 23.8 Å². The number of hydrogen-bond donors (Lipinski definition) is 1. The Bertz CT molecular complexity index is 872. The van der Waals surface area contributed by atoms with Gasteiger partial charge in [-0.2, -0.15) is 0 Å². The van der Waals surface area contributed by atoms with Crippen LogP contribution in [-0.2, 0) is 16.6 Å². The molecule has 29 heavy (non-hydrogen) atoms. The van der Waals surface area contributed by atoms with Crippen molar-refractivity contribution in [3.63, 3.8) is 0 Å². The molecule has 0 aliphatic rings. The van der Waals surface area contributed by atoms with E-state index in [1.165, 1.54) is 28.7 Å². The minimum atomic E-state index is -0.847. The molecule has 1 N–H and O–H groups in total. The van der Waals surface area contributed by atoms with Crippen LogP contribution in [0.25, 0.3) is 0 Å². The summed E-state index contributed by atoms with van der Waals surface area (Å²) in [7, 11) is 1.43. The molecule has 0 spiro atoms. The zero-order valence-electron chi connectivity index (χ0n) is 18.6. The van der Waals surface area contributed by atoms with Crippen molar-refractivity contribution in [1.29, 1.82) is 0 Å². The Morgan fingerprint density at radius 2 is 1.86 bits per heavy atom. The number of carbonyl (C=O) groups excluding carboxylic acids is 1. The molecule has 1 unspecified atom stereocenters. The van der Waals surface area contributed by atoms with Gasteiger partial charge in [-0.1, -0.05) is 38.1 Å². The van der Waals surface area contributed by atoms with Crippen molar-refractivity contribution in [3.8, 4) is 0 Å². The first-order valence-corrected chi connectivity index (χ1v) is 11.1. The lowest BCUT2D eigenvalue weighted by Gasteiger charge is -2.32. The number of aliphatic hydroxyl groups is 1. The summed E-state index contributed by atoms with van der Waals surface area (Å²) < 4.78 is 4.96. The van der Waals surface area contributed by atoms with E-state index in [-0.39, 0.29) is 11.4 Å². The first-order chi connectivity index (χ1) is 13.6. The predicted octanol–water partition coefficient (Wildman–Crippen LogP) is 6.13. The lowest BCUT2D eigenvalue weighted by molar-refractivity contribution is 0.0605. The first kappa shape index (κ1) is 23.4. The maximum absolute atomic E-state index is 12.1. The third-order valence-corrected chi connectivity index (χ3v) is 7.62. The molecule has 0 fully saturated rings. The third kappa shape index (κ3) is 4.81. The molecule has 0 saturated carbocycles. The van der Waals surface area contributed by atoms with Gasteiger partial charge < -0.3 is 9.84 Å². The highest BCUT2D eigenvalue weighted by Crippen LogP contribution is 2.44. The second-order valence-corrected chi connectivity index (χ2v) is 9.16. The van der Waals surface area contributed by atoms with E-state index < -0.39 is 5.60 Å². The SMILES string of the molecule is C=CC(C)(O)CCc1ccc(C(CC)(CC)c2cc(C)c(C(=O)OC)s2)cc1C. The van der Waals surface area contributed by atoms with Gasteiger partial charge in [0.25, 0.3) is 0 Å². The minimum Gasteiger partial charge on any atom is -0.465 e. The maximum Gasteiger partial charge on any atom is 0.348 e. The molecule has 2 rings (SSSR count). The average Bonchev–Trinajstić information content (AvgIpc) is 3.10. The molecular weight excluding hydrogens is 380 g/mol. The van der Waals surface area contributed by atoms with Crippen LogP contribution in [0.5, 0.6) is 0 Å². The fourth-order valence-corrected chi connectivity index (χ4v) is 5.37. The molecule has 0 aliphatic heterocycles. The molecule has 4 heteroatoms. The zero-order valence-corrected chi connectivity index (χ0v) is 19.4. The van der Waals surface area contributed by atoms with Gasteiger partial charge in [0, 0.05) is 10.3 Å². The fourth-order valence-electron chi connectivity index (χ4n) is 3.93. The third-order valence-electron chi connectivity index (χ3n) is 6.20. The van der Waals surface area contributed by atoms with E-state index >= 15 is 0 Å². The minimum absolute atomic E-state index is 0.127. The van der Waals surface area contributed by atoms with Gasteiger partial charge in [0.05, 0.1) is 12.7 Å². The molecule has 1 aromatic heterocycles. The second-order valence-electron chi connectivity index (χ2n) is 8.11. The lowest BCUT2D eigenvalue weighted by atomic mass is 9.73. The Balaban J connectivity index is 2.44.